The van der Waals surface area contributed by atoms with Gasteiger partial charge in [0.25, 0.3) is 0 Å². The van der Waals surface area contributed by atoms with Crippen molar-refractivity contribution in [3.63, 3.8) is 0 Å². The van der Waals surface area contributed by atoms with Gasteiger partial charge in [0.15, 0.2) is 0 Å². The van der Waals surface area contributed by atoms with E-state index in [1.807, 2.05) is 6.92 Å². The maximum absolute atomic E-state index is 4.36. The fourth-order valence-corrected chi connectivity index (χ4v) is 1.33. The maximum Gasteiger partial charge on any atom is 0.0596 e. The molecule has 62 valence electrons. The molecule has 0 saturated heterocycles. The Morgan fingerprint density at radius 1 is 1.45 bits per heavy atom. The summed E-state index contributed by atoms with van der Waals surface area (Å²) < 4.78 is 2.08. The van der Waals surface area contributed by atoms with Gasteiger partial charge in [-0.1, -0.05) is 13.3 Å². The quantitative estimate of drug-likeness (QED) is 0.649. The van der Waals surface area contributed by atoms with Gasteiger partial charge >= 0.3 is 0 Å². The van der Waals surface area contributed by atoms with E-state index < -0.39 is 0 Å². The molecule has 1 aromatic rings. The predicted molar refractivity (Wildman–Crippen MR) is 46.6 cm³/mol. The topological polar surface area (TPSA) is 17.8 Å². The number of hydrogen-bond donors (Lipinski definition) is 0. The Balaban J connectivity index is 2.83. The van der Waals surface area contributed by atoms with Gasteiger partial charge in [-0.15, -0.1) is 0 Å². The molecule has 0 aromatic carbocycles. The number of nitrogens with zero attached hydrogens (tertiary/aromatic N) is 2. The summed E-state index contributed by atoms with van der Waals surface area (Å²) in [6.45, 7) is 7.36. The molecule has 0 amide bonds. The molecule has 0 unspecified atom stereocenters. The Morgan fingerprint density at radius 2 is 2.18 bits per heavy atom. The van der Waals surface area contributed by atoms with Crippen molar-refractivity contribution in [2.75, 3.05) is 0 Å². The van der Waals surface area contributed by atoms with Crippen LogP contribution in [0.5, 0.6) is 0 Å². The van der Waals surface area contributed by atoms with Crippen LogP contribution in [0.4, 0.5) is 0 Å². The maximum atomic E-state index is 4.36. The van der Waals surface area contributed by atoms with Crippen molar-refractivity contribution < 1.29 is 0 Å². The van der Waals surface area contributed by atoms with E-state index in [9.17, 15) is 0 Å². The first-order valence-corrected chi connectivity index (χ1v) is 4.31. The third kappa shape index (κ3) is 1.82. The van der Waals surface area contributed by atoms with Gasteiger partial charge < -0.3 is 0 Å². The number of aryl methyl sites for hydroxylation is 3. The van der Waals surface area contributed by atoms with Gasteiger partial charge in [-0.25, -0.2) is 0 Å². The lowest BCUT2D eigenvalue weighted by atomic mass is 10.2. The van der Waals surface area contributed by atoms with Crippen LogP contribution in [0.2, 0.25) is 0 Å². The molecule has 11 heavy (non-hydrogen) atoms. The van der Waals surface area contributed by atoms with Crippen molar-refractivity contribution in [2.45, 2.75) is 40.2 Å². The van der Waals surface area contributed by atoms with Crippen LogP contribution in [0.15, 0.2) is 6.07 Å². The Bertz CT molecular complexity index is 225. The lowest BCUT2D eigenvalue weighted by Crippen LogP contribution is -2.01. The van der Waals surface area contributed by atoms with Crippen LogP contribution in [-0.4, -0.2) is 9.78 Å². The third-order valence-electron chi connectivity index (χ3n) is 1.79. The van der Waals surface area contributed by atoms with Gasteiger partial charge in [0, 0.05) is 12.2 Å². The molecule has 1 aromatic heterocycles. The number of aromatic nitrogens is 2. The minimum absolute atomic E-state index is 0.989. The summed E-state index contributed by atoms with van der Waals surface area (Å²) in [5, 5.41) is 4.36. The van der Waals surface area contributed by atoms with Gasteiger partial charge in [-0.05, 0) is 26.3 Å². The molecule has 0 bridgehead atoms. The highest BCUT2D eigenvalue weighted by atomic mass is 15.3. The second-order valence-electron chi connectivity index (χ2n) is 2.84. The van der Waals surface area contributed by atoms with Gasteiger partial charge in [-0.2, -0.15) is 5.10 Å². The van der Waals surface area contributed by atoms with E-state index in [0.717, 1.165) is 18.7 Å². The number of rotatable bonds is 3. The predicted octanol–water partition coefficient (Wildman–Crippen LogP) is 2.16. The zero-order chi connectivity index (χ0) is 8.27. The van der Waals surface area contributed by atoms with Crippen molar-refractivity contribution in [2.24, 2.45) is 0 Å². The molecule has 1 heterocycles. The van der Waals surface area contributed by atoms with Gasteiger partial charge in [0.05, 0.1) is 5.69 Å². The van der Waals surface area contributed by atoms with Crippen LogP contribution < -0.4 is 0 Å². The molecule has 0 aliphatic rings. The summed E-state index contributed by atoms with van der Waals surface area (Å²) >= 11 is 0. The summed E-state index contributed by atoms with van der Waals surface area (Å²) in [7, 11) is 0. The fourth-order valence-electron chi connectivity index (χ4n) is 1.33. The summed E-state index contributed by atoms with van der Waals surface area (Å²) in [6.07, 6.45) is 2.35. The Hall–Kier alpha value is -0.790. The molecule has 0 N–H and O–H groups in total. The smallest absolute Gasteiger partial charge is 0.0596 e. The highest BCUT2D eigenvalue weighted by Gasteiger charge is 2.00. The van der Waals surface area contributed by atoms with Crippen LogP contribution in [0.25, 0.3) is 0 Å². The molecular formula is C9H16N2. The average molecular weight is 152 g/mol. The van der Waals surface area contributed by atoms with Crippen molar-refractivity contribution in [3.8, 4) is 0 Å². The summed E-state index contributed by atoms with van der Waals surface area (Å²) in [6, 6.07) is 2.17. The molecular weight excluding hydrogens is 136 g/mol. The first kappa shape index (κ1) is 8.31. The highest BCUT2D eigenvalue weighted by Crippen LogP contribution is 2.05. The average Bonchev–Trinajstić information content (AvgIpc) is 2.32. The zero-order valence-corrected chi connectivity index (χ0v) is 7.59. The monoisotopic (exact) mass is 152 g/mol. The van der Waals surface area contributed by atoms with Crippen molar-refractivity contribution in [1.82, 2.24) is 9.78 Å². The summed E-state index contributed by atoms with van der Waals surface area (Å²) in [5.74, 6) is 0. The van der Waals surface area contributed by atoms with Crippen molar-refractivity contribution in [1.29, 1.82) is 0 Å². The molecule has 0 spiro atoms. The second kappa shape index (κ2) is 3.56. The van der Waals surface area contributed by atoms with Gasteiger partial charge in [-0.3, -0.25) is 4.68 Å². The Kier molecular flexibility index (Phi) is 2.69. The van der Waals surface area contributed by atoms with Crippen LogP contribution >= 0.6 is 0 Å². The van der Waals surface area contributed by atoms with Crippen LogP contribution in [0.1, 0.15) is 31.7 Å². The Morgan fingerprint density at radius 3 is 2.73 bits per heavy atom. The van der Waals surface area contributed by atoms with Crippen molar-refractivity contribution >= 4 is 0 Å². The molecule has 0 fully saturated rings. The van der Waals surface area contributed by atoms with Crippen LogP contribution in [0, 0.1) is 6.92 Å². The zero-order valence-electron chi connectivity index (χ0n) is 7.59. The summed E-state index contributed by atoms with van der Waals surface area (Å²) in [4.78, 5) is 0. The van der Waals surface area contributed by atoms with E-state index >= 15 is 0 Å². The van der Waals surface area contributed by atoms with E-state index in [1.54, 1.807) is 0 Å². The number of hydrogen-bond acceptors (Lipinski definition) is 1. The first-order valence-electron chi connectivity index (χ1n) is 4.31. The highest BCUT2D eigenvalue weighted by molar-refractivity contribution is 5.08. The van der Waals surface area contributed by atoms with E-state index in [-0.39, 0.29) is 0 Å². The minimum Gasteiger partial charge on any atom is -0.270 e. The van der Waals surface area contributed by atoms with E-state index in [0.29, 0.717) is 0 Å². The van der Waals surface area contributed by atoms with E-state index in [2.05, 4.69) is 29.7 Å². The molecule has 0 aliphatic heterocycles. The third-order valence-corrected chi connectivity index (χ3v) is 1.79. The Labute approximate surface area is 68.2 Å². The largest absolute Gasteiger partial charge is 0.270 e. The van der Waals surface area contributed by atoms with E-state index in [4.69, 9.17) is 0 Å². The summed E-state index contributed by atoms with van der Waals surface area (Å²) in [5.41, 5.74) is 2.50. The molecule has 0 radical (unpaired) electrons. The van der Waals surface area contributed by atoms with Gasteiger partial charge in [0.1, 0.15) is 0 Å². The second-order valence-corrected chi connectivity index (χ2v) is 2.84. The molecule has 0 aliphatic carbocycles. The van der Waals surface area contributed by atoms with Gasteiger partial charge in [0.2, 0.25) is 0 Å². The lowest BCUT2D eigenvalue weighted by Gasteiger charge is -2.00. The molecule has 2 heteroatoms. The van der Waals surface area contributed by atoms with E-state index in [1.165, 1.54) is 12.1 Å². The minimum atomic E-state index is 0.989. The van der Waals surface area contributed by atoms with Crippen LogP contribution in [0.3, 0.4) is 0 Å². The normalized spacial score (nSPS) is 10.5. The lowest BCUT2D eigenvalue weighted by molar-refractivity contribution is 0.612. The SMILES string of the molecule is CCCc1cc(C)nn1CC. The molecule has 2 nitrogen and oxygen atoms in total. The fraction of sp³-hybridized carbons (Fsp3) is 0.667. The van der Waals surface area contributed by atoms with Crippen LogP contribution in [-0.2, 0) is 13.0 Å². The molecule has 0 saturated carbocycles. The first-order chi connectivity index (χ1) is 5.27. The molecule has 0 atom stereocenters. The molecule has 1 rings (SSSR count). The standard InChI is InChI=1S/C9H16N2/c1-4-6-9-7-8(3)10-11(9)5-2/h7H,4-6H2,1-3H3. The van der Waals surface area contributed by atoms with Crippen molar-refractivity contribution in [3.05, 3.63) is 17.5 Å².